The largest absolute Gasteiger partial charge is 0.573 e. The summed E-state index contributed by atoms with van der Waals surface area (Å²) in [6.45, 7) is 0.198. The molecule has 2 N–H and O–H groups in total. The van der Waals surface area contributed by atoms with Gasteiger partial charge in [0.1, 0.15) is 5.75 Å². The summed E-state index contributed by atoms with van der Waals surface area (Å²) in [6.07, 6.45) is 0.210. The molecule has 1 heterocycles. The Hall–Kier alpha value is -3.22. The number of nitrogens with one attached hydrogen (secondary N) is 2. The molecule has 0 atom stereocenters. The fraction of sp³-hybridized carbons (Fsp3) is 0.105. The van der Waals surface area contributed by atoms with Gasteiger partial charge >= 0.3 is 6.36 Å². The first-order chi connectivity index (χ1) is 12.4. The summed E-state index contributed by atoms with van der Waals surface area (Å²) >= 11 is 0. The third-order valence-electron chi connectivity index (χ3n) is 3.66. The fourth-order valence-electron chi connectivity index (χ4n) is 2.45. The molecular formula is C19H15F3N2O2. The molecule has 7 heteroatoms. The topological polar surface area (TPSA) is 54.1 Å². The smallest absolute Gasteiger partial charge is 0.406 e. The molecule has 1 aromatic heterocycles. The van der Waals surface area contributed by atoms with Crippen LogP contribution in [0, 0.1) is 0 Å². The lowest BCUT2D eigenvalue weighted by atomic mass is 10.1. The molecule has 4 nitrogen and oxygen atoms in total. The van der Waals surface area contributed by atoms with Crippen molar-refractivity contribution in [1.29, 1.82) is 0 Å². The van der Waals surface area contributed by atoms with Gasteiger partial charge in [0.15, 0.2) is 0 Å². The Labute approximate surface area is 147 Å². The number of para-hydroxylation sites is 1. The number of carbonyl (C=O) groups is 1. The zero-order valence-corrected chi connectivity index (χ0v) is 13.5. The molecule has 0 aliphatic rings. The van der Waals surface area contributed by atoms with E-state index in [1.165, 1.54) is 30.3 Å². The first kappa shape index (κ1) is 17.6. The van der Waals surface area contributed by atoms with Crippen molar-refractivity contribution >= 4 is 22.9 Å². The zero-order chi connectivity index (χ0) is 18.6. The lowest BCUT2D eigenvalue weighted by Crippen LogP contribution is -2.20. The molecule has 3 rings (SSSR count). The Morgan fingerprint density at radius 2 is 1.85 bits per heavy atom. The molecule has 0 saturated heterocycles. The monoisotopic (exact) mass is 360 g/mol. The quantitative estimate of drug-likeness (QED) is 0.663. The van der Waals surface area contributed by atoms with E-state index >= 15 is 0 Å². The number of carbonyl (C=O) groups excluding carboxylic acids is 1. The molecule has 1 amide bonds. The van der Waals surface area contributed by atoms with E-state index in [0.717, 1.165) is 16.5 Å². The number of aromatic amines is 1. The van der Waals surface area contributed by atoms with Crippen molar-refractivity contribution in [3.63, 3.8) is 0 Å². The van der Waals surface area contributed by atoms with E-state index in [0.29, 0.717) is 5.56 Å². The van der Waals surface area contributed by atoms with Crippen LogP contribution >= 0.6 is 0 Å². The highest BCUT2D eigenvalue weighted by Gasteiger charge is 2.30. The van der Waals surface area contributed by atoms with Crippen LogP contribution in [-0.2, 0) is 11.3 Å². The predicted molar refractivity (Wildman–Crippen MR) is 92.3 cm³/mol. The SMILES string of the molecule is O=C(/C=C\c1c[nH]c2ccccc12)NCc1ccc(OC(F)(F)F)cc1. The van der Waals surface area contributed by atoms with Crippen LogP contribution in [0.25, 0.3) is 17.0 Å². The van der Waals surface area contributed by atoms with Crippen LogP contribution in [0.3, 0.4) is 0 Å². The molecule has 0 aliphatic carbocycles. The molecule has 134 valence electrons. The molecule has 0 radical (unpaired) electrons. The van der Waals surface area contributed by atoms with Gasteiger partial charge in [-0.15, -0.1) is 13.2 Å². The molecule has 0 spiro atoms. The number of benzene rings is 2. The van der Waals surface area contributed by atoms with E-state index < -0.39 is 6.36 Å². The minimum atomic E-state index is -4.72. The van der Waals surface area contributed by atoms with Gasteiger partial charge in [0.2, 0.25) is 5.91 Å². The second kappa shape index (κ2) is 7.35. The van der Waals surface area contributed by atoms with Crippen molar-refractivity contribution in [2.45, 2.75) is 12.9 Å². The number of aromatic nitrogens is 1. The van der Waals surface area contributed by atoms with Gasteiger partial charge in [-0.25, -0.2) is 0 Å². The second-order valence-corrected chi connectivity index (χ2v) is 5.53. The minimum Gasteiger partial charge on any atom is -0.406 e. The number of hydrogen-bond donors (Lipinski definition) is 2. The van der Waals surface area contributed by atoms with Gasteiger partial charge in [0, 0.05) is 29.7 Å². The summed E-state index contributed by atoms with van der Waals surface area (Å²) in [4.78, 5) is 15.0. The van der Waals surface area contributed by atoms with Crippen molar-refractivity contribution in [2.75, 3.05) is 0 Å². The van der Waals surface area contributed by atoms with E-state index in [9.17, 15) is 18.0 Å². The number of rotatable bonds is 5. The van der Waals surface area contributed by atoms with Gasteiger partial charge in [0.05, 0.1) is 0 Å². The van der Waals surface area contributed by atoms with Crippen molar-refractivity contribution < 1.29 is 22.7 Å². The number of alkyl halides is 3. The summed E-state index contributed by atoms with van der Waals surface area (Å²) in [5, 5.41) is 3.69. The maximum atomic E-state index is 12.1. The highest BCUT2D eigenvalue weighted by Crippen LogP contribution is 2.22. The maximum absolute atomic E-state index is 12.1. The highest BCUT2D eigenvalue weighted by molar-refractivity contribution is 5.96. The lowest BCUT2D eigenvalue weighted by Gasteiger charge is -2.09. The van der Waals surface area contributed by atoms with Crippen LogP contribution in [-0.4, -0.2) is 17.3 Å². The van der Waals surface area contributed by atoms with Crippen molar-refractivity contribution in [3.8, 4) is 5.75 Å². The second-order valence-electron chi connectivity index (χ2n) is 5.53. The number of H-pyrrole nitrogens is 1. The molecule has 3 aromatic rings. The molecule has 0 aliphatic heterocycles. The van der Waals surface area contributed by atoms with E-state index in [1.807, 2.05) is 30.5 Å². The number of halogens is 3. The molecule has 0 saturated carbocycles. The maximum Gasteiger partial charge on any atom is 0.573 e. The number of amides is 1. The molecular weight excluding hydrogens is 345 g/mol. The van der Waals surface area contributed by atoms with Gasteiger partial charge in [-0.2, -0.15) is 0 Å². The number of fused-ring (bicyclic) bond motifs is 1. The van der Waals surface area contributed by atoms with E-state index in [2.05, 4.69) is 15.0 Å². The molecule has 0 bridgehead atoms. The van der Waals surface area contributed by atoms with Crippen LogP contribution in [0.15, 0.2) is 60.8 Å². The van der Waals surface area contributed by atoms with Gasteiger partial charge in [0.25, 0.3) is 0 Å². The Balaban J connectivity index is 1.55. The average Bonchev–Trinajstić information content (AvgIpc) is 3.01. The summed E-state index contributed by atoms with van der Waals surface area (Å²) in [7, 11) is 0. The third-order valence-corrected chi connectivity index (χ3v) is 3.66. The van der Waals surface area contributed by atoms with Crippen molar-refractivity contribution in [3.05, 3.63) is 71.9 Å². The van der Waals surface area contributed by atoms with Crippen LogP contribution < -0.4 is 10.1 Å². The van der Waals surface area contributed by atoms with Crippen LogP contribution in [0.5, 0.6) is 5.75 Å². The van der Waals surface area contributed by atoms with Crippen LogP contribution in [0.4, 0.5) is 13.2 Å². The predicted octanol–water partition coefficient (Wildman–Crippen LogP) is 4.40. The van der Waals surface area contributed by atoms with Crippen molar-refractivity contribution in [1.82, 2.24) is 10.3 Å². The van der Waals surface area contributed by atoms with Gasteiger partial charge in [-0.3, -0.25) is 4.79 Å². The first-order valence-corrected chi connectivity index (χ1v) is 7.77. The summed E-state index contributed by atoms with van der Waals surface area (Å²) in [5.41, 5.74) is 2.53. The molecule has 2 aromatic carbocycles. The van der Waals surface area contributed by atoms with E-state index in [1.54, 1.807) is 6.08 Å². The molecule has 0 fully saturated rings. The number of ether oxygens (including phenoxy) is 1. The normalized spacial score (nSPS) is 11.8. The highest BCUT2D eigenvalue weighted by atomic mass is 19.4. The standard InChI is InChI=1S/C19H15F3N2O2/c20-19(21,22)26-15-8-5-13(6-9-15)11-24-18(25)10-7-14-12-23-17-4-2-1-3-16(14)17/h1-10,12,23H,11H2,(H,24,25)/b10-7-. The van der Waals surface area contributed by atoms with Gasteiger partial charge in [-0.1, -0.05) is 30.3 Å². The zero-order valence-electron chi connectivity index (χ0n) is 13.5. The van der Waals surface area contributed by atoms with Crippen LogP contribution in [0.2, 0.25) is 0 Å². The Bertz CT molecular complexity index is 928. The Morgan fingerprint density at radius 1 is 1.12 bits per heavy atom. The summed E-state index contributed by atoms with van der Waals surface area (Å²) in [5.74, 6) is -0.599. The van der Waals surface area contributed by atoms with E-state index in [4.69, 9.17) is 0 Å². The summed E-state index contributed by atoms with van der Waals surface area (Å²) in [6, 6.07) is 13.1. The molecule has 26 heavy (non-hydrogen) atoms. The summed E-state index contributed by atoms with van der Waals surface area (Å²) < 4.78 is 40.1. The van der Waals surface area contributed by atoms with Gasteiger partial charge < -0.3 is 15.0 Å². The van der Waals surface area contributed by atoms with E-state index in [-0.39, 0.29) is 18.2 Å². The molecule has 0 unspecified atom stereocenters. The van der Waals surface area contributed by atoms with Crippen LogP contribution in [0.1, 0.15) is 11.1 Å². The van der Waals surface area contributed by atoms with Gasteiger partial charge in [-0.05, 0) is 35.4 Å². The Morgan fingerprint density at radius 3 is 2.58 bits per heavy atom. The third kappa shape index (κ3) is 4.66. The Kier molecular flexibility index (Phi) is 4.97. The fourth-order valence-corrected chi connectivity index (χ4v) is 2.45. The van der Waals surface area contributed by atoms with Crippen molar-refractivity contribution in [2.24, 2.45) is 0 Å². The average molecular weight is 360 g/mol. The first-order valence-electron chi connectivity index (χ1n) is 7.77. The lowest BCUT2D eigenvalue weighted by molar-refractivity contribution is -0.274. The number of hydrogen-bond acceptors (Lipinski definition) is 2. The minimum absolute atomic E-state index is 0.198.